The maximum Gasteiger partial charge on any atom is 0.212 e. The van der Waals surface area contributed by atoms with Gasteiger partial charge in [-0.2, -0.15) is 4.57 Å². The summed E-state index contributed by atoms with van der Waals surface area (Å²) in [5.74, 6) is 0. The first-order valence-corrected chi connectivity index (χ1v) is 5.39. The van der Waals surface area contributed by atoms with Crippen molar-refractivity contribution in [3.8, 4) is 0 Å². The number of halogens is 1. The Bertz CT molecular complexity index is 502. The Hall–Kier alpha value is -0.970. The number of para-hydroxylation sites is 1. The molecule has 0 aliphatic rings. The lowest BCUT2D eigenvalue weighted by Gasteiger charge is -2.06. The summed E-state index contributed by atoms with van der Waals surface area (Å²) < 4.78 is 1.96. The monoisotopic (exact) mass is 297 g/mol. The second-order valence-electron chi connectivity index (χ2n) is 4.00. The van der Waals surface area contributed by atoms with Crippen molar-refractivity contribution in [3.63, 3.8) is 0 Å². The number of rotatable bonds is 3. The lowest BCUT2D eigenvalue weighted by molar-refractivity contribution is -0.678. The second-order valence-corrected chi connectivity index (χ2v) is 4.00. The number of aromatic nitrogens is 1. The second kappa shape index (κ2) is 6.10. The van der Waals surface area contributed by atoms with Crippen molar-refractivity contribution >= 4 is 10.9 Å². The fourth-order valence-electron chi connectivity index (χ4n) is 1.87. The van der Waals surface area contributed by atoms with Gasteiger partial charge in [-0.3, -0.25) is 0 Å². The van der Waals surface area contributed by atoms with Crippen LogP contribution in [0.2, 0.25) is 0 Å². The minimum atomic E-state index is -0.712. The third-order valence-electron chi connectivity index (χ3n) is 2.76. The van der Waals surface area contributed by atoms with Crippen LogP contribution in [0.3, 0.4) is 0 Å². The van der Waals surface area contributed by atoms with Crippen molar-refractivity contribution in [1.29, 1.82) is 0 Å². The molecule has 0 aliphatic heterocycles. The topological polar surface area (TPSA) is 44.3 Å². The molecule has 2 rings (SSSR count). The standard InChI is InChI=1S/C13H16NO2.BrH/c1-10-6-7-14(8-11(16)9-15)13-5-3-2-4-12(10)13;/h2-7,11,15-16H,8-9H2,1H3;1H/q+1;/p-1/t11-;/m1./s1. The molecule has 0 unspecified atom stereocenters. The van der Waals surface area contributed by atoms with Gasteiger partial charge in [0.25, 0.3) is 0 Å². The van der Waals surface area contributed by atoms with E-state index in [1.54, 1.807) is 0 Å². The molecule has 2 N–H and O–H groups in total. The summed E-state index contributed by atoms with van der Waals surface area (Å²) in [6.45, 7) is 2.27. The van der Waals surface area contributed by atoms with Crippen LogP contribution in [0.5, 0.6) is 0 Å². The number of aliphatic hydroxyl groups is 2. The molecule has 0 bridgehead atoms. The summed E-state index contributed by atoms with van der Waals surface area (Å²) in [5.41, 5.74) is 2.29. The van der Waals surface area contributed by atoms with E-state index in [2.05, 4.69) is 13.0 Å². The summed E-state index contributed by atoms with van der Waals surface area (Å²) in [5, 5.41) is 19.5. The van der Waals surface area contributed by atoms with Crippen molar-refractivity contribution in [2.45, 2.75) is 19.6 Å². The van der Waals surface area contributed by atoms with Crippen LogP contribution >= 0.6 is 0 Å². The zero-order chi connectivity index (χ0) is 11.5. The minimum Gasteiger partial charge on any atom is -1.00 e. The lowest BCUT2D eigenvalue weighted by Crippen LogP contribution is -3.00. The Morgan fingerprint density at radius 3 is 2.65 bits per heavy atom. The van der Waals surface area contributed by atoms with Crippen molar-refractivity contribution in [2.75, 3.05) is 6.61 Å². The highest BCUT2D eigenvalue weighted by atomic mass is 79.9. The SMILES string of the molecule is Cc1cc[n+](C[C@@H](O)CO)c2ccccc12.[Br-]. The molecule has 92 valence electrons. The average molecular weight is 298 g/mol. The molecule has 1 aromatic heterocycles. The van der Waals surface area contributed by atoms with E-state index in [1.807, 2.05) is 35.0 Å². The average Bonchev–Trinajstić information content (AvgIpc) is 2.33. The van der Waals surface area contributed by atoms with E-state index < -0.39 is 6.10 Å². The number of aliphatic hydroxyl groups excluding tert-OH is 2. The van der Waals surface area contributed by atoms with E-state index in [9.17, 15) is 5.11 Å². The molecule has 4 heteroatoms. The van der Waals surface area contributed by atoms with Gasteiger partial charge in [0.15, 0.2) is 12.7 Å². The van der Waals surface area contributed by atoms with E-state index in [4.69, 9.17) is 5.11 Å². The highest BCUT2D eigenvalue weighted by molar-refractivity contribution is 5.78. The van der Waals surface area contributed by atoms with Crippen LogP contribution in [-0.2, 0) is 6.54 Å². The van der Waals surface area contributed by atoms with E-state index in [1.165, 1.54) is 10.9 Å². The van der Waals surface area contributed by atoms with Gasteiger partial charge in [-0.05, 0) is 18.6 Å². The highest BCUT2D eigenvalue weighted by Crippen LogP contribution is 2.13. The molecular formula is C13H16BrNO2. The molecular weight excluding hydrogens is 282 g/mol. The smallest absolute Gasteiger partial charge is 0.212 e. The van der Waals surface area contributed by atoms with Gasteiger partial charge in [0.2, 0.25) is 5.52 Å². The van der Waals surface area contributed by atoms with Gasteiger partial charge in [0, 0.05) is 17.5 Å². The number of pyridine rings is 1. The van der Waals surface area contributed by atoms with Crippen LogP contribution in [0.15, 0.2) is 36.5 Å². The summed E-state index contributed by atoms with van der Waals surface area (Å²) in [4.78, 5) is 0. The van der Waals surface area contributed by atoms with Crippen LogP contribution in [0.4, 0.5) is 0 Å². The number of aryl methyl sites for hydroxylation is 1. The van der Waals surface area contributed by atoms with Gasteiger partial charge >= 0.3 is 0 Å². The van der Waals surface area contributed by atoms with Crippen molar-refractivity contribution in [3.05, 3.63) is 42.1 Å². The van der Waals surface area contributed by atoms with Crippen molar-refractivity contribution < 1.29 is 31.8 Å². The first-order chi connectivity index (χ1) is 7.72. The molecule has 0 aliphatic carbocycles. The Labute approximate surface area is 111 Å². The molecule has 3 nitrogen and oxygen atoms in total. The fourth-order valence-corrected chi connectivity index (χ4v) is 1.87. The van der Waals surface area contributed by atoms with Gasteiger partial charge in [-0.1, -0.05) is 12.1 Å². The molecule has 0 spiro atoms. The molecule has 0 radical (unpaired) electrons. The summed E-state index contributed by atoms with van der Waals surface area (Å²) >= 11 is 0. The quantitative estimate of drug-likeness (QED) is 0.631. The summed E-state index contributed by atoms with van der Waals surface area (Å²) in [7, 11) is 0. The van der Waals surface area contributed by atoms with E-state index in [0.717, 1.165) is 5.52 Å². The molecule has 0 saturated heterocycles. The Morgan fingerprint density at radius 2 is 1.94 bits per heavy atom. The van der Waals surface area contributed by atoms with Crippen LogP contribution in [0.1, 0.15) is 5.56 Å². The highest BCUT2D eigenvalue weighted by Gasteiger charge is 2.14. The zero-order valence-corrected chi connectivity index (χ0v) is 11.3. The van der Waals surface area contributed by atoms with Gasteiger partial charge in [0.1, 0.15) is 6.10 Å². The van der Waals surface area contributed by atoms with Crippen molar-refractivity contribution in [2.24, 2.45) is 0 Å². The van der Waals surface area contributed by atoms with Crippen LogP contribution in [0.25, 0.3) is 10.9 Å². The van der Waals surface area contributed by atoms with Gasteiger partial charge in [-0.15, -0.1) is 0 Å². The zero-order valence-electron chi connectivity index (χ0n) is 9.68. The maximum atomic E-state index is 9.47. The number of hydrogen-bond donors (Lipinski definition) is 2. The number of hydrogen-bond acceptors (Lipinski definition) is 2. The molecule has 1 heterocycles. The van der Waals surface area contributed by atoms with Crippen LogP contribution < -0.4 is 21.5 Å². The fraction of sp³-hybridized carbons (Fsp3) is 0.308. The Morgan fingerprint density at radius 1 is 1.24 bits per heavy atom. The van der Waals surface area contributed by atoms with E-state index in [0.29, 0.717) is 6.54 Å². The van der Waals surface area contributed by atoms with Crippen LogP contribution in [-0.4, -0.2) is 22.9 Å². The summed E-state index contributed by atoms with van der Waals surface area (Å²) in [6.07, 6.45) is 1.23. The van der Waals surface area contributed by atoms with E-state index in [-0.39, 0.29) is 23.6 Å². The normalized spacial score (nSPS) is 12.2. The first kappa shape index (κ1) is 14.1. The molecule has 2 aromatic rings. The maximum absolute atomic E-state index is 9.47. The molecule has 17 heavy (non-hydrogen) atoms. The predicted octanol–water partition coefficient (Wildman–Crippen LogP) is -2.21. The summed E-state index contributed by atoms with van der Waals surface area (Å²) in [6, 6.07) is 10.1. The Balaban J connectivity index is 0.00000144. The largest absolute Gasteiger partial charge is 1.00 e. The molecule has 1 aromatic carbocycles. The predicted molar refractivity (Wildman–Crippen MR) is 62.0 cm³/mol. The van der Waals surface area contributed by atoms with Gasteiger partial charge in [0.05, 0.1) is 6.61 Å². The molecule has 0 amide bonds. The molecule has 0 saturated carbocycles. The third kappa shape index (κ3) is 3.03. The first-order valence-electron chi connectivity index (χ1n) is 5.39. The minimum absolute atomic E-state index is 0. The third-order valence-corrected chi connectivity index (χ3v) is 2.76. The Kier molecular flexibility index (Phi) is 5.05. The number of fused-ring (bicyclic) bond motifs is 1. The van der Waals surface area contributed by atoms with Crippen molar-refractivity contribution in [1.82, 2.24) is 0 Å². The molecule has 0 fully saturated rings. The number of nitrogens with zero attached hydrogens (tertiary/aromatic N) is 1. The lowest BCUT2D eigenvalue weighted by atomic mass is 10.1. The molecule has 1 atom stereocenters. The number of benzene rings is 1. The van der Waals surface area contributed by atoms with Gasteiger partial charge < -0.3 is 27.2 Å². The van der Waals surface area contributed by atoms with Gasteiger partial charge in [-0.25, -0.2) is 0 Å². The van der Waals surface area contributed by atoms with Crippen LogP contribution in [0, 0.1) is 6.92 Å². The van der Waals surface area contributed by atoms with E-state index >= 15 is 0 Å².